The quantitative estimate of drug-likeness (QED) is 0.260. The summed E-state index contributed by atoms with van der Waals surface area (Å²) in [6, 6.07) is 13.2. The van der Waals surface area contributed by atoms with Gasteiger partial charge in [-0.05, 0) is 40.8 Å². The van der Waals surface area contributed by atoms with E-state index in [0.717, 1.165) is 27.9 Å². The highest BCUT2D eigenvalue weighted by atomic mass is 31.2. The first-order valence-corrected chi connectivity index (χ1v) is 13.9. The van der Waals surface area contributed by atoms with E-state index in [9.17, 15) is 18.9 Å². The number of rotatable bonds is 10. The van der Waals surface area contributed by atoms with Crippen LogP contribution in [0.3, 0.4) is 0 Å². The fourth-order valence-electron chi connectivity index (χ4n) is 4.86. The number of anilines is 1. The molecule has 1 saturated heterocycles. The molecule has 0 spiro atoms. The molecule has 0 radical (unpaired) electrons. The van der Waals surface area contributed by atoms with Gasteiger partial charge < -0.3 is 24.7 Å². The van der Waals surface area contributed by atoms with E-state index >= 15 is 0 Å². The van der Waals surface area contributed by atoms with Crippen LogP contribution in [0.15, 0.2) is 48.7 Å². The van der Waals surface area contributed by atoms with Gasteiger partial charge >= 0.3 is 13.9 Å². The largest absolute Gasteiger partial charge is 0.470 e. The number of nitrogens with zero attached hydrogens (tertiary/aromatic N) is 4. The zero-order valence-electron chi connectivity index (χ0n) is 21.4. The number of carbonyl (C=O) groups is 3. The van der Waals surface area contributed by atoms with Gasteiger partial charge in [-0.25, -0.2) is 9.36 Å². The third-order valence-corrected chi connectivity index (χ3v) is 7.18. The van der Waals surface area contributed by atoms with Crippen LogP contribution in [0.5, 0.6) is 0 Å². The van der Waals surface area contributed by atoms with Gasteiger partial charge in [0.1, 0.15) is 18.4 Å². The van der Waals surface area contributed by atoms with Crippen LogP contribution in [0.4, 0.5) is 10.5 Å². The van der Waals surface area contributed by atoms with Crippen molar-refractivity contribution in [3.8, 4) is 11.1 Å². The Balaban J connectivity index is 1.29. The first kappa shape index (κ1) is 27.5. The fourth-order valence-corrected chi connectivity index (χ4v) is 5.14. The van der Waals surface area contributed by atoms with Crippen LogP contribution in [0, 0.1) is 0 Å². The summed E-state index contributed by atoms with van der Waals surface area (Å²) in [5.41, 5.74) is 4.93. The van der Waals surface area contributed by atoms with Crippen LogP contribution in [-0.2, 0) is 42.9 Å². The van der Waals surface area contributed by atoms with Gasteiger partial charge in [0, 0.05) is 13.5 Å². The summed E-state index contributed by atoms with van der Waals surface area (Å²) in [4.78, 5) is 57.4. The second kappa shape index (κ2) is 11.2. The van der Waals surface area contributed by atoms with E-state index in [-0.39, 0.29) is 31.6 Å². The molecule has 0 saturated carbocycles. The van der Waals surface area contributed by atoms with E-state index in [1.165, 1.54) is 18.0 Å². The monoisotopic (exact) mass is 570 g/mol. The molecule has 2 aliphatic rings. The molecule has 4 N–H and O–H groups in total. The molecule has 0 unspecified atom stereocenters. The van der Waals surface area contributed by atoms with Crippen molar-refractivity contribution in [3.63, 3.8) is 0 Å². The SMILES string of the molecule is CC(=O)NC[C@@H]1OC(=O)N2c3ccc(-c4ccc(CN(Cc5cn[nH]n5)C(=O)COP(=O)(O)O)cc4)cc3C[C@@H]12. The van der Waals surface area contributed by atoms with Crippen molar-refractivity contribution >= 4 is 31.4 Å². The predicted molar refractivity (Wildman–Crippen MR) is 139 cm³/mol. The highest BCUT2D eigenvalue weighted by Crippen LogP contribution is 2.40. The Hall–Kier alpha value is -4.10. The second-order valence-electron chi connectivity index (χ2n) is 9.52. The van der Waals surface area contributed by atoms with E-state index in [0.29, 0.717) is 12.1 Å². The van der Waals surface area contributed by atoms with E-state index < -0.39 is 32.5 Å². The number of benzene rings is 2. The van der Waals surface area contributed by atoms with Crippen molar-refractivity contribution in [3.05, 3.63) is 65.5 Å². The van der Waals surface area contributed by atoms with Crippen molar-refractivity contribution < 1.29 is 38.0 Å². The van der Waals surface area contributed by atoms with Gasteiger partial charge in [-0.15, -0.1) is 0 Å². The van der Waals surface area contributed by atoms with Gasteiger partial charge in [0.15, 0.2) is 0 Å². The van der Waals surface area contributed by atoms with Crippen molar-refractivity contribution in [2.75, 3.05) is 18.1 Å². The van der Waals surface area contributed by atoms with Gasteiger partial charge in [0.2, 0.25) is 11.8 Å². The Morgan fingerprint density at radius 3 is 2.62 bits per heavy atom. The summed E-state index contributed by atoms with van der Waals surface area (Å²) >= 11 is 0. The number of nitrogens with one attached hydrogen (secondary N) is 2. The predicted octanol–water partition coefficient (Wildman–Crippen LogP) is 1.50. The van der Waals surface area contributed by atoms with E-state index in [4.69, 9.17) is 14.5 Å². The highest BCUT2D eigenvalue weighted by molar-refractivity contribution is 7.46. The topological polar surface area (TPSA) is 187 Å². The number of amides is 3. The van der Waals surface area contributed by atoms with Gasteiger partial charge in [-0.3, -0.25) is 19.0 Å². The van der Waals surface area contributed by atoms with Crippen molar-refractivity contribution in [1.82, 2.24) is 25.6 Å². The van der Waals surface area contributed by atoms with Gasteiger partial charge in [0.05, 0.1) is 31.0 Å². The van der Waals surface area contributed by atoms with Gasteiger partial charge in [-0.2, -0.15) is 15.4 Å². The number of H-pyrrole nitrogens is 1. The molecular weight excluding hydrogens is 543 g/mol. The number of hydrogen-bond acceptors (Lipinski definition) is 8. The lowest BCUT2D eigenvalue weighted by atomic mass is 9.99. The number of cyclic esters (lactones) is 1. The number of hydrogen-bond donors (Lipinski definition) is 4. The highest BCUT2D eigenvalue weighted by Gasteiger charge is 2.47. The maximum atomic E-state index is 12.7. The van der Waals surface area contributed by atoms with Crippen LogP contribution in [-0.4, -0.2) is 73.3 Å². The molecule has 2 atom stereocenters. The zero-order valence-corrected chi connectivity index (χ0v) is 22.3. The summed E-state index contributed by atoms with van der Waals surface area (Å²) in [5.74, 6) is -0.805. The molecule has 5 rings (SSSR count). The maximum absolute atomic E-state index is 12.7. The summed E-state index contributed by atoms with van der Waals surface area (Å²) < 4.78 is 20.9. The third kappa shape index (κ3) is 6.20. The van der Waals surface area contributed by atoms with Crippen LogP contribution in [0.25, 0.3) is 11.1 Å². The Labute approximate surface area is 228 Å². The van der Waals surface area contributed by atoms with Crippen LogP contribution >= 0.6 is 7.82 Å². The lowest BCUT2D eigenvalue weighted by molar-refractivity contribution is -0.135. The minimum Gasteiger partial charge on any atom is -0.442 e. The first-order valence-electron chi connectivity index (χ1n) is 12.4. The minimum atomic E-state index is -4.81. The van der Waals surface area contributed by atoms with Crippen molar-refractivity contribution in [2.24, 2.45) is 0 Å². The molecular formula is C25H27N6O8P. The number of phosphoric acid groups is 1. The molecule has 1 aromatic heterocycles. The molecule has 1 fully saturated rings. The van der Waals surface area contributed by atoms with Crippen molar-refractivity contribution in [1.29, 1.82) is 0 Å². The lowest BCUT2D eigenvalue weighted by Gasteiger charge is -2.22. The molecule has 15 heteroatoms. The molecule has 2 aliphatic heterocycles. The second-order valence-corrected chi connectivity index (χ2v) is 10.8. The number of phosphoric ester groups is 1. The fraction of sp³-hybridized carbons (Fsp3) is 0.320. The van der Waals surface area contributed by atoms with Crippen LogP contribution in [0.2, 0.25) is 0 Å². The maximum Gasteiger partial charge on any atom is 0.470 e. The Kier molecular flexibility index (Phi) is 7.68. The lowest BCUT2D eigenvalue weighted by Crippen LogP contribution is -2.40. The summed E-state index contributed by atoms with van der Waals surface area (Å²) in [5, 5.41) is 12.9. The number of fused-ring (bicyclic) bond motifs is 3. The van der Waals surface area contributed by atoms with E-state index in [1.54, 1.807) is 4.90 Å². The molecule has 3 amide bonds. The standard InChI is InChI=1S/C25H27N6O8P/c1-15(32)26-11-23-22-9-19-8-18(6-7-21(19)31(22)25(34)39-23)17-4-2-16(3-5-17)12-30(13-20-10-27-29-28-20)24(33)14-38-40(35,36)37/h2-8,10,22-23H,9,11-14H2,1H3,(H,26,32)(H,27,28,29)(H2,35,36,37)/t22-,23-/m0/s1. The number of ether oxygens (including phenoxy) is 1. The van der Waals surface area contributed by atoms with Gasteiger partial charge in [0.25, 0.3) is 0 Å². The van der Waals surface area contributed by atoms with Crippen LogP contribution in [0.1, 0.15) is 23.7 Å². The summed E-state index contributed by atoms with van der Waals surface area (Å²) in [7, 11) is -4.81. The van der Waals surface area contributed by atoms with E-state index in [2.05, 4.69) is 25.3 Å². The first-order chi connectivity index (χ1) is 19.1. The molecule has 0 aliphatic carbocycles. The Morgan fingerprint density at radius 2 is 1.95 bits per heavy atom. The Bertz CT molecular complexity index is 1460. The van der Waals surface area contributed by atoms with E-state index in [1.807, 2.05) is 42.5 Å². The number of carbonyl (C=O) groups excluding carboxylic acids is 3. The molecule has 2 aromatic carbocycles. The number of aromatic nitrogens is 3. The average Bonchev–Trinajstić information content (AvgIpc) is 3.63. The molecule has 0 bridgehead atoms. The minimum absolute atomic E-state index is 0.0649. The van der Waals surface area contributed by atoms with Gasteiger partial charge in [-0.1, -0.05) is 30.3 Å². The molecule has 3 aromatic rings. The van der Waals surface area contributed by atoms with Crippen molar-refractivity contribution in [2.45, 2.75) is 38.6 Å². The molecule has 210 valence electrons. The zero-order chi connectivity index (χ0) is 28.4. The molecule has 3 heterocycles. The summed E-state index contributed by atoms with van der Waals surface area (Å²) in [6.07, 6.45) is 1.20. The Morgan fingerprint density at radius 1 is 1.20 bits per heavy atom. The summed E-state index contributed by atoms with van der Waals surface area (Å²) in [6.45, 7) is 1.10. The smallest absolute Gasteiger partial charge is 0.442 e. The molecule has 40 heavy (non-hydrogen) atoms. The average molecular weight is 570 g/mol. The third-order valence-electron chi connectivity index (χ3n) is 6.72. The normalized spacial score (nSPS) is 17.8. The van der Waals surface area contributed by atoms with Crippen LogP contribution < -0.4 is 10.2 Å². The molecule has 14 nitrogen and oxygen atoms in total. The number of aromatic amines is 1.